The number of alkyl halides is 2. The van der Waals surface area contributed by atoms with Gasteiger partial charge in [-0.1, -0.05) is 17.8 Å². The largest absolute Gasteiger partial charge is 0.461 e. The molecule has 0 unspecified atom stereocenters. The second-order valence-electron chi connectivity index (χ2n) is 5.30. The highest BCUT2D eigenvalue weighted by atomic mass is 32.2. The van der Waals surface area contributed by atoms with E-state index in [0.29, 0.717) is 28.8 Å². The van der Waals surface area contributed by atoms with Crippen LogP contribution in [-0.4, -0.2) is 32.9 Å². The summed E-state index contributed by atoms with van der Waals surface area (Å²) in [7, 11) is 0. The van der Waals surface area contributed by atoms with E-state index in [1.54, 1.807) is 29.0 Å². The molecule has 3 rings (SSSR count). The van der Waals surface area contributed by atoms with Crippen molar-refractivity contribution in [1.82, 2.24) is 14.8 Å². The van der Waals surface area contributed by atoms with Gasteiger partial charge in [-0.05, 0) is 36.4 Å². The Bertz CT molecular complexity index is 909. The van der Waals surface area contributed by atoms with E-state index in [0.717, 1.165) is 0 Å². The summed E-state index contributed by atoms with van der Waals surface area (Å²) in [5.41, 5.74) is 0.394. The molecule has 1 aromatic carbocycles. The number of nitrogens with zero attached hydrogens (tertiary/aromatic N) is 3. The minimum atomic E-state index is -2.90. The average molecular weight is 391 g/mol. The van der Waals surface area contributed by atoms with E-state index in [9.17, 15) is 13.6 Å². The Balaban J connectivity index is 1.69. The first-order chi connectivity index (χ1) is 13.1. The van der Waals surface area contributed by atoms with Crippen molar-refractivity contribution < 1.29 is 22.7 Å². The summed E-state index contributed by atoms with van der Waals surface area (Å²) >= 11 is 1.22. The highest BCUT2D eigenvalue weighted by Crippen LogP contribution is 2.25. The van der Waals surface area contributed by atoms with E-state index >= 15 is 0 Å². The van der Waals surface area contributed by atoms with Gasteiger partial charge in [0.05, 0.1) is 12.0 Å². The molecule has 0 saturated carbocycles. The number of carbonyl (C=O) groups is 1. The van der Waals surface area contributed by atoms with Gasteiger partial charge in [0.1, 0.15) is 5.75 Å². The lowest BCUT2D eigenvalue weighted by Crippen LogP contribution is -2.06. The third-order valence-corrected chi connectivity index (χ3v) is 4.47. The molecule has 0 aliphatic rings. The van der Waals surface area contributed by atoms with Crippen LogP contribution in [0.2, 0.25) is 0 Å². The van der Waals surface area contributed by atoms with Gasteiger partial charge in [-0.3, -0.25) is 9.36 Å². The van der Waals surface area contributed by atoms with Gasteiger partial charge in [-0.15, -0.1) is 16.8 Å². The quantitative estimate of drug-likeness (QED) is 0.308. The molecule has 0 N–H and O–H groups in total. The number of Topliss-reactive ketones (excluding diaryl/α,β-unsaturated/α-hetero) is 1. The number of carbonyl (C=O) groups excluding carboxylic acids is 1. The third kappa shape index (κ3) is 4.62. The maximum absolute atomic E-state index is 12.4. The van der Waals surface area contributed by atoms with Crippen LogP contribution in [0, 0.1) is 0 Å². The number of rotatable bonds is 9. The van der Waals surface area contributed by atoms with Crippen molar-refractivity contribution in [3.8, 4) is 17.3 Å². The molecular formula is C18H15F2N3O3S. The first-order valence-electron chi connectivity index (χ1n) is 7.87. The monoisotopic (exact) mass is 391 g/mol. The summed E-state index contributed by atoms with van der Waals surface area (Å²) in [5, 5.41) is 8.78. The summed E-state index contributed by atoms with van der Waals surface area (Å²) < 4.78 is 35.8. The number of benzene rings is 1. The summed E-state index contributed by atoms with van der Waals surface area (Å²) in [6.07, 6.45) is 3.24. The summed E-state index contributed by atoms with van der Waals surface area (Å²) in [6, 6.07) is 9.08. The summed E-state index contributed by atoms with van der Waals surface area (Å²) in [6.45, 7) is 1.28. The molecule has 0 fully saturated rings. The van der Waals surface area contributed by atoms with E-state index in [1.807, 2.05) is 0 Å². The number of furan rings is 1. The van der Waals surface area contributed by atoms with Crippen LogP contribution in [-0.2, 0) is 6.54 Å². The highest BCUT2D eigenvalue weighted by Gasteiger charge is 2.17. The molecule has 140 valence electrons. The van der Waals surface area contributed by atoms with E-state index in [-0.39, 0.29) is 17.3 Å². The van der Waals surface area contributed by atoms with Gasteiger partial charge in [-0.2, -0.15) is 8.78 Å². The van der Waals surface area contributed by atoms with Gasteiger partial charge in [0.15, 0.2) is 16.7 Å². The third-order valence-electron chi connectivity index (χ3n) is 3.50. The number of hydrogen-bond donors (Lipinski definition) is 0. The average Bonchev–Trinajstić information content (AvgIpc) is 3.30. The fraction of sp³-hybridized carbons (Fsp3) is 0.167. The number of thioether (sulfide) groups is 1. The normalized spacial score (nSPS) is 10.9. The van der Waals surface area contributed by atoms with Crippen LogP contribution >= 0.6 is 11.8 Å². The molecule has 0 radical (unpaired) electrons. The second-order valence-corrected chi connectivity index (χ2v) is 6.24. The highest BCUT2D eigenvalue weighted by molar-refractivity contribution is 7.99. The Morgan fingerprint density at radius 1 is 1.30 bits per heavy atom. The van der Waals surface area contributed by atoms with E-state index in [1.165, 1.54) is 36.0 Å². The van der Waals surface area contributed by atoms with Gasteiger partial charge in [-0.25, -0.2) is 0 Å². The van der Waals surface area contributed by atoms with Crippen molar-refractivity contribution in [3.63, 3.8) is 0 Å². The Hall–Kier alpha value is -2.94. The van der Waals surface area contributed by atoms with Crippen molar-refractivity contribution in [1.29, 1.82) is 0 Å². The van der Waals surface area contributed by atoms with Gasteiger partial charge in [0.2, 0.25) is 5.82 Å². The molecule has 0 amide bonds. The van der Waals surface area contributed by atoms with E-state index in [4.69, 9.17) is 4.42 Å². The van der Waals surface area contributed by atoms with Gasteiger partial charge >= 0.3 is 6.61 Å². The minimum Gasteiger partial charge on any atom is -0.461 e. The topological polar surface area (TPSA) is 70.2 Å². The van der Waals surface area contributed by atoms with Gasteiger partial charge < -0.3 is 9.15 Å². The molecule has 0 atom stereocenters. The van der Waals surface area contributed by atoms with Crippen molar-refractivity contribution in [3.05, 3.63) is 60.9 Å². The molecule has 9 heteroatoms. The lowest BCUT2D eigenvalue weighted by atomic mass is 10.1. The zero-order chi connectivity index (χ0) is 19.2. The van der Waals surface area contributed by atoms with Crippen LogP contribution in [0.5, 0.6) is 5.75 Å². The predicted molar refractivity (Wildman–Crippen MR) is 96.0 cm³/mol. The Kier molecular flexibility index (Phi) is 6.02. The number of ether oxygens (including phenoxy) is 1. The molecule has 6 nitrogen and oxygen atoms in total. The molecule has 0 spiro atoms. The number of allylic oxidation sites excluding steroid dienone is 1. The molecule has 2 aromatic heterocycles. The first kappa shape index (κ1) is 18.8. The van der Waals surface area contributed by atoms with Crippen LogP contribution in [0.4, 0.5) is 8.78 Å². The minimum absolute atomic E-state index is 0.00280. The molecule has 2 heterocycles. The van der Waals surface area contributed by atoms with Crippen molar-refractivity contribution in [2.75, 3.05) is 5.75 Å². The zero-order valence-electron chi connectivity index (χ0n) is 14.0. The van der Waals surface area contributed by atoms with Crippen molar-refractivity contribution in [2.45, 2.75) is 18.3 Å². The molecular weight excluding hydrogens is 376 g/mol. The lowest BCUT2D eigenvalue weighted by Gasteiger charge is -2.07. The van der Waals surface area contributed by atoms with Crippen molar-refractivity contribution in [2.24, 2.45) is 0 Å². The van der Waals surface area contributed by atoms with E-state index < -0.39 is 6.61 Å². The Morgan fingerprint density at radius 2 is 2.07 bits per heavy atom. The fourth-order valence-electron chi connectivity index (χ4n) is 2.31. The Morgan fingerprint density at radius 3 is 2.70 bits per heavy atom. The second kappa shape index (κ2) is 8.63. The van der Waals surface area contributed by atoms with Gasteiger partial charge in [0, 0.05) is 12.1 Å². The standard InChI is InChI=1S/C18H15F2N3O3S/c1-2-9-23-16(15-4-3-10-25-15)21-22-18(23)27-11-14(24)12-5-7-13(8-6-12)26-17(19)20/h2-8,10,17H,1,9,11H2. The summed E-state index contributed by atoms with van der Waals surface area (Å²) in [5.74, 6) is 1.06. The van der Waals surface area contributed by atoms with Crippen LogP contribution in [0.1, 0.15) is 10.4 Å². The van der Waals surface area contributed by atoms with Crippen LogP contribution in [0.3, 0.4) is 0 Å². The van der Waals surface area contributed by atoms with Crippen LogP contribution in [0.15, 0.2) is 64.9 Å². The smallest absolute Gasteiger partial charge is 0.387 e. The van der Waals surface area contributed by atoms with Crippen molar-refractivity contribution >= 4 is 17.5 Å². The number of ketones is 1. The maximum Gasteiger partial charge on any atom is 0.387 e. The maximum atomic E-state index is 12.4. The first-order valence-corrected chi connectivity index (χ1v) is 8.86. The van der Waals surface area contributed by atoms with Crippen LogP contribution in [0.25, 0.3) is 11.6 Å². The summed E-state index contributed by atoms with van der Waals surface area (Å²) in [4.78, 5) is 12.4. The lowest BCUT2D eigenvalue weighted by molar-refractivity contribution is -0.0498. The molecule has 0 bridgehead atoms. The predicted octanol–water partition coefficient (Wildman–Crippen LogP) is 4.30. The molecule has 0 aliphatic heterocycles. The zero-order valence-corrected chi connectivity index (χ0v) is 14.9. The van der Waals surface area contributed by atoms with Crippen LogP contribution < -0.4 is 4.74 Å². The number of hydrogen-bond acceptors (Lipinski definition) is 6. The molecule has 0 saturated heterocycles. The molecule has 27 heavy (non-hydrogen) atoms. The number of halogens is 2. The SMILES string of the molecule is C=CCn1c(SCC(=O)c2ccc(OC(F)F)cc2)nnc1-c1ccco1. The fourth-order valence-corrected chi connectivity index (χ4v) is 3.16. The molecule has 0 aliphatic carbocycles. The van der Waals surface area contributed by atoms with Gasteiger partial charge in [0.25, 0.3) is 0 Å². The Labute approximate surface area is 157 Å². The number of aromatic nitrogens is 3. The molecule has 3 aromatic rings. The van der Waals surface area contributed by atoms with E-state index in [2.05, 4.69) is 21.5 Å².